The maximum atomic E-state index is 13.8. The number of guanidine groups is 1. The average Bonchev–Trinajstić information content (AvgIpc) is 3.77. The summed E-state index contributed by atoms with van der Waals surface area (Å²) >= 11 is 0. The van der Waals surface area contributed by atoms with Gasteiger partial charge in [0.15, 0.2) is 5.96 Å². The summed E-state index contributed by atoms with van der Waals surface area (Å²) in [5, 5.41) is 42.2. The maximum absolute atomic E-state index is 13.8. The Hall–Kier alpha value is -8.13. The highest BCUT2D eigenvalue weighted by molar-refractivity contribution is 5.97. The van der Waals surface area contributed by atoms with Crippen LogP contribution in [0.5, 0.6) is 0 Å². The van der Waals surface area contributed by atoms with Gasteiger partial charge in [-0.15, -0.1) is 0 Å². The number of carboxylic acid groups (broad SMARTS) is 1. The van der Waals surface area contributed by atoms with Crippen molar-refractivity contribution >= 4 is 76.0 Å². The summed E-state index contributed by atoms with van der Waals surface area (Å²) in [6.45, 7) is 3.72. The molecule has 1 aromatic heterocycles. The van der Waals surface area contributed by atoms with Crippen LogP contribution in [-0.4, -0.2) is 156 Å². The van der Waals surface area contributed by atoms with Crippen LogP contribution in [-0.2, 0) is 60.8 Å². The number of aliphatic imine (C=N–C) groups is 1. The summed E-state index contributed by atoms with van der Waals surface area (Å²) in [6, 6.07) is 8.65. The summed E-state index contributed by atoms with van der Waals surface area (Å²) in [6.07, 6.45) is 2.19. The summed E-state index contributed by atoms with van der Waals surface area (Å²) in [7, 11) is 0. The van der Waals surface area contributed by atoms with Gasteiger partial charge in [0, 0.05) is 30.1 Å². The van der Waals surface area contributed by atoms with Crippen molar-refractivity contribution in [1.29, 1.82) is 0 Å². The number of aliphatic carboxylic acids is 1. The van der Waals surface area contributed by atoms with Crippen LogP contribution >= 0.6 is 0 Å². The van der Waals surface area contributed by atoms with Gasteiger partial charge in [0.25, 0.3) is 0 Å². The van der Waals surface area contributed by atoms with Crippen molar-refractivity contribution in [3.63, 3.8) is 0 Å². The average molecular weight is 1050 g/mol. The van der Waals surface area contributed by atoms with E-state index in [1.165, 1.54) is 0 Å². The first-order valence-corrected chi connectivity index (χ1v) is 24.4. The third-order valence-electron chi connectivity index (χ3n) is 11.2. The Morgan fingerprint density at radius 2 is 1.05 bits per heavy atom. The molecule has 3 rings (SSSR count). The van der Waals surface area contributed by atoms with E-state index < -0.39 is 128 Å². The van der Waals surface area contributed by atoms with Gasteiger partial charge < -0.3 is 80.2 Å². The number of carboxylic acids is 1. The first-order valence-electron chi connectivity index (χ1n) is 24.4. The van der Waals surface area contributed by atoms with Crippen LogP contribution in [0.25, 0.3) is 10.9 Å². The van der Waals surface area contributed by atoms with Crippen LogP contribution < -0.4 is 65.1 Å². The standard InChI is InChI=1S/C49H72N14O12/c1-27(2)17-35(45(71)57-23-39(65)59-34(15-10-16-53-49(51)52)44(70)56-25-42(68)62-37(48(74)75)18-28(3)4)60-41(67)24-58-46(72)38(26-64)63-47(73)36(20-30-21-54-33-14-9-8-13-31(30)33)61-40(66)22-55-43(69)32(50)19-29-11-6-5-7-12-29/h5-9,11-14,21,27-28,32,34-38,54,64H,10,15-20,22-26,50H2,1-4H3,(H,55,69)(H,56,70)(H,57,71)(H,58,72)(H,59,65)(H,60,67)(H,61,66)(H,62,68)(H,63,73)(H,74,75)(H4,51,52,53)/t32-,34-,35-,36-,37-,38-/m0/s1. The smallest absolute Gasteiger partial charge is 0.326 e. The number of H-pyrrole nitrogens is 1. The molecular formula is C49H72N14O12. The van der Waals surface area contributed by atoms with E-state index in [-0.39, 0.29) is 62.9 Å². The highest BCUT2D eigenvalue weighted by Gasteiger charge is 2.30. The molecule has 26 heteroatoms. The third-order valence-corrected chi connectivity index (χ3v) is 11.2. The van der Waals surface area contributed by atoms with Crippen molar-refractivity contribution in [3.05, 3.63) is 71.9 Å². The van der Waals surface area contributed by atoms with E-state index in [0.29, 0.717) is 5.56 Å². The SMILES string of the molecule is CC(C)C[C@H](NC(=O)CNC(=O)[C@H](CCCN=C(N)N)NC(=O)CNC(=O)[C@H](CC(C)C)NC(=O)CNC(=O)[C@H](CO)NC(=O)[C@H](Cc1c[nH]c2ccccc12)NC(=O)CNC(=O)[C@@H](N)Cc1ccccc1)C(=O)O. The Bertz CT molecular complexity index is 2460. The second-order valence-electron chi connectivity index (χ2n) is 18.5. The molecule has 6 atom stereocenters. The molecule has 2 aromatic carbocycles. The number of carbonyl (C=O) groups excluding carboxylic acids is 9. The fourth-order valence-corrected chi connectivity index (χ4v) is 7.48. The predicted octanol–water partition coefficient (Wildman–Crippen LogP) is -3.61. The molecule has 410 valence electrons. The van der Waals surface area contributed by atoms with E-state index in [1.807, 2.05) is 12.1 Å². The zero-order valence-corrected chi connectivity index (χ0v) is 42.5. The minimum atomic E-state index is -1.62. The molecule has 0 saturated carbocycles. The zero-order chi connectivity index (χ0) is 55.6. The number of aliphatic hydroxyl groups is 1. The molecule has 0 fully saturated rings. The number of nitrogens with zero attached hydrogens (tertiary/aromatic N) is 1. The fraction of sp³-hybridized carbons (Fsp3) is 0.490. The second kappa shape index (κ2) is 31.5. The molecule has 0 saturated heterocycles. The van der Waals surface area contributed by atoms with Gasteiger partial charge in [-0.1, -0.05) is 76.2 Å². The lowest BCUT2D eigenvalue weighted by atomic mass is 10.0. The predicted molar refractivity (Wildman–Crippen MR) is 275 cm³/mol. The molecule has 0 bridgehead atoms. The van der Waals surface area contributed by atoms with Gasteiger partial charge in [-0.3, -0.25) is 48.1 Å². The second-order valence-corrected chi connectivity index (χ2v) is 18.5. The van der Waals surface area contributed by atoms with Crippen molar-refractivity contribution in [2.45, 2.75) is 102 Å². The number of aliphatic hydroxyl groups excluding tert-OH is 1. The lowest BCUT2D eigenvalue weighted by molar-refractivity contribution is -0.142. The number of amides is 9. The first kappa shape index (κ1) is 61.2. The van der Waals surface area contributed by atoms with E-state index in [1.54, 1.807) is 76.4 Å². The molecule has 0 aliphatic carbocycles. The van der Waals surface area contributed by atoms with Crippen LogP contribution in [0.3, 0.4) is 0 Å². The fourth-order valence-electron chi connectivity index (χ4n) is 7.48. The van der Waals surface area contributed by atoms with Gasteiger partial charge >= 0.3 is 5.97 Å². The molecule has 0 unspecified atom stereocenters. The molecule has 0 radical (unpaired) electrons. The molecule has 75 heavy (non-hydrogen) atoms. The molecule has 26 nitrogen and oxygen atoms in total. The molecule has 3 aromatic rings. The number of para-hydroxylation sites is 1. The first-order chi connectivity index (χ1) is 35.6. The van der Waals surface area contributed by atoms with E-state index in [2.05, 4.69) is 57.8 Å². The van der Waals surface area contributed by atoms with Crippen molar-refractivity contribution in [1.82, 2.24) is 52.8 Å². The molecule has 9 amide bonds. The number of hydrogen-bond acceptors (Lipinski definition) is 13. The molecule has 1 heterocycles. The third kappa shape index (κ3) is 22.7. The van der Waals surface area contributed by atoms with Gasteiger partial charge in [-0.25, -0.2) is 4.79 Å². The number of nitrogens with one attached hydrogen (secondary N) is 10. The van der Waals surface area contributed by atoms with E-state index >= 15 is 0 Å². The summed E-state index contributed by atoms with van der Waals surface area (Å²) in [4.78, 5) is 137. The van der Waals surface area contributed by atoms with Crippen molar-refractivity contribution in [2.24, 2.45) is 34.0 Å². The van der Waals surface area contributed by atoms with Crippen LogP contribution in [0, 0.1) is 11.8 Å². The number of rotatable bonds is 32. The van der Waals surface area contributed by atoms with E-state index in [9.17, 15) is 58.2 Å². The Kier molecular flexibility index (Phi) is 25.7. The quantitative estimate of drug-likeness (QED) is 0.0163. The number of nitrogens with two attached hydrogens (primary N) is 3. The number of fused-ring (bicyclic) bond motifs is 1. The molecule has 0 aliphatic rings. The van der Waals surface area contributed by atoms with Crippen molar-refractivity contribution < 1.29 is 58.2 Å². The summed E-state index contributed by atoms with van der Waals surface area (Å²) in [5.74, 6) is -8.96. The summed E-state index contributed by atoms with van der Waals surface area (Å²) in [5.41, 5.74) is 19.0. The normalized spacial score (nSPS) is 13.4. The number of benzene rings is 2. The van der Waals surface area contributed by atoms with Crippen molar-refractivity contribution in [2.75, 3.05) is 39.3 Å². The van der Waals surface area contributed by atoms with Gasteiger partial charge in [-0.05, 0) is 61.1 Å². The number of hydrogen-bond donors (Lipinski definition) is 15. The monoisotopic (exact) mass is 1050 g/mol. The van der Waals surface area contributed by atoms with Crippen LogP contribution in [0.2, 0.25) is 0 Å². The number of aromatic nitrogens is 1. The lowest BCUT2D eigenvalue weighted by Gasteiger charge is -2.23. The number of aromatic amines is 1. The summed E-state index contributed by atoms with van der Waals surface area (Å²) < 4.78 is 0. The molecule has 18 N–H and O–H groups in total. The van der Waals surface area contributed by atoms with Crippen LogP contribution in [0.15, 0.2) is 65.8 Å². The molecular weight excluding hydrogens is 977 g/mol. The van der Waals surface area contributed by atoms with Crippen LogP contribution in [0.1, 0.15) is 64.5 Å². The van der Waals surface area contributed by atoms with Gasteiger partial charge in [0.1, 0.15) is 30.2 Å². The Balaban J connectivity index is 1.60. The number of carbonyl (C=O) groups is 10. The largest absolute Gasteiger partial charge is 0.480 e. The van der Waals surface area contributed by atoms with Gasteiger partial charge in [-0.2, -0.15) is 0 Å². The minimum absolute atomic E-state index is 0.0111. The maximum Gasteiger partial charge on any atom is 0.326 e. The lowest BCUT2D eigenvalue weighted by Crippen LogP contribution is -2.57. The Morgan fingerprint density at radius 3 is 1.60 bits per heavy atom. The van der Waals surface area contributed by atoms with Gasteiger partial charge in [0.05, 0.1) is 38.8 Å². The highest BCUT2D eigenvalue weighted by Crippen LogP contribution is 2.19. The van der Waals surface area contributed by atoms with Crippen LogP contribution in [0.4, 0.5) is 0 Å². The zero-order valence-electron chi connectivity index (χ0n) is 42.5. The van der Waals surface area contributed by atoms with E-state index in [0.717, 1.165) is 16.5 Å². The van der Waals surface area contributed by atoms with Crippen molar-refractivity contribution in [3.8, 4) is 0 Å². The highest BCUT2D eigenvalue weighted by atomic mass is 16.4. The van der Waals surface area contributed by atoms with E-state index in [4.69, 9.17) is 17.2 Å². The topological polar surface area (TPSA) is 426 Å². The Morgan fingerprint density at radius 1 is 0.573 bits per heavy atom. The Labute approximate surface area is 433 Å². The molecule has 0 aliphatic heterocycles. The molecule has 0 spiro atoms. The minimum Gasteiger partial charge on any atom is -0.480 e. The van der Waals surface area contributed by atoms with Gasteiger partial charge in [0.2, 0.25) is 53.2 Å².